The predicted octanol–water partition coefficient (Wildman–Crippen LogP) is 2.13. The summed E-state index contributed by atoms with van der Waals surface area (Å²) in [4.78, 5) is 16.4. The predicted molar refractivity (Wildman–Crippen MR) is 76.5 cm³/mol. The molecule has 0 aromatic carbocycles. The van der Waals surface area contributed by atoms with Gasteiger partial charge in [0.2, 0.25) is 0 Å². The van der Waals surface area contributed by atoms with Crippen molar-refractivity contribution in [2.45, 2.75) is 13.0 Å². The summed E-state index contributed by atoms with van der Waals surface area (Å²) in [5.41, 5.74) is -0.0907. The van der Waals surface area contributed by atoms with Crippen LogP contribution in [-0.4, -0.2) is 49.9 Å². The molecule has 0 aliphatic carbocycles. The van der Waals surface area contributed by atoms with Gasteiger partial charge in [-0.25, -0.2) is 4.98 Å². The molecule has 1 aromatic heterocycles. The number of nitro groups is 1. The second-order valence-electron chi connectivity index (χ2n) is 4.25. The molecule has 0 saturated carbocycles. The van der Waals surface area contributed by atoms with Crippen LogP contribution in [-0.2, 0) is 9.47 Å². The normalized spacial score (nSPS) is 12.2. The van der Waals surface area contributed by atoms with Crippen LogP contribution in [0.25, 0.3) is 0 Å². The first kappa shape index (κ1) is 16.6. The van der Waals surface area contributed by atoms with Crippen LogP contribution in [0.2, 0.25) is 5.15 Å². The van der Waals surface area contributed by atoms with Crippen LogP contribution < -0.4 is 4.90 Å². The molecule has 1 atom stereocenters. The Labute approximate surface area is 122 Å². The summed E-state index contributed by atoms with van der Waals surface area (Å²) in [7, 11) is 3.19. The maximum atomic E-state index is 10.9. The Morgan fingerprint density at radius 1 is 1.45 bits per heavy atom. The zero-order valence-corrected chi connectivity index (χ0v) is 12.5. The van der Waals surface area contributed by atoms with Gasteiger partial charge >= 0.3 is 0 Å². The fraction of sp³-hybridized carbons (Fsp3) is 0.583. The van der Waals surface area contributed by atoms with Crippen LogP contribution in [0, 0.1) is 10.1 Å². The van der Waals surface area contributed by atoms with E-state index in [-0.39, 0.29) is 16.9 Å². The molecule has 0 aliphatic rings. The van der Waals surface area contributed by atoms with E-state index in [1.165, 1.54) is 12.1 Å². The summed E-state index contributed by atoms with van der Waals surface area (Å²) >= 11 is 5.85. The zero-order chi connectivity index (χ0) is 15.1. The highest BCUT2D eigenvalue weighted by Crippen LogP contribution is 2.24. The SMILES string of the molecule is COCCN(c1cc([N+](=O)[O-])cc(Cl)n1)C(C)COC. The van der Waals surface area contributed by atoms with Crippen molar-refractivity contribution in [3.05, 3.63) is 27.4 Å². The molecule has 0 aliphatic heterocycles. The maximum absolute atomic E-state index is 10.9. The van der Waals surface area contributed by atoms with Crippen molar-refractivity contribution in [3.63, 3.8) is 0 Å². The Morgan fingerprint density at radius 3 is 2.70 bits per heavy atom. The fourth-order valence-corrected chi connectivity index (χ4v) is 2.00. The number of aromatic nitrogens is 1. The summed E-state index contributed by atoms with van der Waals surface area (Å²) in [5, 5.41) is 11.0. The number of hydrogen-bond acceptors (Lipinski definition) is 6. The third-order valence-corrected chi connectivity index (χ3v) is 2.94. The van der Waals surface area contributed by atoms with Gasteiger partial charge < -0.3 is 14.4 Å². The first-order valence-corrected chi connectivity index (χ1v) is 6.44. The summed E-state index contributed by atoms with van der Waals surface area (Å²) in [6.45, 7) is 3.40. The lowest BCUT2D eigenvalue weighted by Gasteiger charge is -2.29. The Hall–Kier alpha value is -1.44. The largest absolute Gasteiger partial charge is 0.383 e. The first-order chi connectivity index (χ1) is 9.49. The Bertz CT molecular complexity index is 458. The minimum absolute atomic E-state index is 0.0132. The molecule has 0 radical (unpaired) electrons. The standard InChI is InChI=1S/C12H18ClN3O4/c1-9(8-20-3)15(4-5-19-2)12-7-10(16(17)18)6-11(13)14-12/h6-7,9H,4-5,8H2,1-3H3. The summed E-state index contributed by atoms with van der Waals surface area (Å²) in [6, 6.07) is 2.61. The van der Waals surface area contributed by atoms with Gasteiger partial charge in [-0.05, 0) is 6.92 Å². The molecule has 1 heterocycles. The van der Waals surface area contributed by atoms with Gasteiger partial charge in [0.15, 0.2) is 0 Å². The first-order valence-electron chi connectivity index (χ1n) is 6.06. The monoisotopic (exact) mass is 303 g/mol. The fourth-order valence-electron chi connectivity index (χ4n) is 1.80. The van der Waals surface area contributed by atoms with Gasteiger partial charge in [-0.15, -0.1) is 0 Å². The molecule has 0 N–H and O–H groups in total. The van der Waals surface area contributed by atoms with Gasteiger partial charge in [-0.1, -0.05) is 11.6 Å². The van der Waals surface area contributed by atoms with Crippen LogP contribution in [0.15, 0.2) is 12.1 Å². The minimum atomic E-state index is -0.494. The van der Waals surface area contributed by atoms with E-state index < -0.39 is 4.92 Å². The van der Waals surface area contributed by atoms with Gasteiger partial charge in [-0.3, -0.25) is 10.1 Å². The van der Waals surface area contributed by atoms with Crippen molar-refractivity contribution >= 4 is 23.1 Å². The molecular formula is C12H18ClN3O4. The van der Waals surface area contributed by atoms with Crippen molar-refractivity contribution in [2.75, 3.05) is 38.9 Å². The number of methoxy groups -OCH3 is 2. The molecule has 0 fully saturated rings. The smallest absolute Gasteiger partial charge is 0.276 e. The lowest BCUT2D eigenvalue weighted by atomic mass is 10.2. The summed E-state index contributed by atoms with van der Waals surface area (Å²) in [5.74, 6) is 0.436. The van der Waals surface area contributed by atoms with Crippen molar-refractivity contribution in [1.82, 2.24) is 4.98 Å². The summed E-state index contributed by atoms with van der Waals surface area (Å²) in [6.07, 6.45) is 0. The molecule has 0 amide bonds. The van der Waals surface area contributed by atoms with Crippen molar-refractivity contribution in [3.8, 4) is 0 Å². The van der Waals surface area contributed by atoms with Crippen LogP contribution in [0.4, 0.5) is 11.5 Å². The van der Waals surface area contributed by atoms with E-state index in [1.807, 2.05) is 11.8 Å². The van der Waals surface area contributed by atoms with E-state index >= 15 is 0 Å². The third-order valence-electron chi connectivity index (χ3n) is 2.75. The van der Waals surface area contributed by atoms with E-state index in [9.17, 15) is 10.1 Å². The van der Waals surface area contributed by atoms with Crippen molar-refractivity contribution in [1.29, 1.82) is 0 Å². The molecule has 1 aromatic rings. The quantitative estimate of drug-likeness (QED) is 0.416. The molecule has 20 heavy (non-hydrogen) atoms. The second-order valence-corrected chi connectivity index (χ2v) is 4.64. The average Bonchev–Trinajstić information content (AvgIpc) is 2.38. The topological polar surface area (TPSA) is 77.7 Å². The lowest BCUT2D eigenvalue weighted by molar-refractivity contribution is -0.384. The van der Waals surface area contributed by atoms with E-state index in [0.717, 1.165) is 0 Å². The number of anilines is 1. The molecule has 0 spiro atoms. The zero-order valence-electron chi connectivity index (χ0n) is 11.7. The molecule has 0 bridgehead atoms. The summed E-state index contributed by atoms with van der Waals surface area (Å²) < 4.78 is 10.2. The van der Waals surface area contributed by atoms with Crippen molar-refractivity contribution < 1.29 is 14.4 Å². The van der Waals surface area contributed by atoms with Gasteiger partial charge in [0, 0.05) is 20.8 Å². The number of pyridine rings is 1. The number of nitrogens with zero attached hydrogens (tertiary/aromatic N) is 3. The third kappa shape index (κ3) is 4.59. The van der Waals surface area contributed by atoms with Gasteiger partial charge in [0.25, 0.3) is 5.69 Å². The molecular weight excluding hydrogens is 286 g/mol. The highest BCUT2D eigenvalue weighted by molar-refractivity contribution is 6.29. The Kier molecular flexibility index (Phi) is 6.63. The molecule has 1 rings (SSSR count). The van der Waals surface area contributed by atoms with Crippen molar-refractivity contribution in [2.24, 2.45) is 0 Å². The van der Waals surface area contributed by atoms with Crippen LogP contribution in [0.3, 0.4) is 0 Å². The van der Waals surface area contributed by atoms with Crippen LogP contribution >= 0.6 is 11.6 Å². The Morgan fingerprint density at radius 2 is 2.15 bits per heavy atom. The molecule has 8 heteroatoms. The molecule has 0 saturated heterocycles. The van der Waals surface area contributed by atoms with Gasteiger partial charge in [0.05, 0.1) is 36.3 Å². The Balaban J connectivity index is 3.08. The minimum Gasteiger partial charge on any atom is -0.383 e. The van der Waals surface area contributed by atoms with E-state index in [1.54, 1.807) is 14.2 Å². The van der Waals surface area contributed by atoms with E-state index in [4.69, 9.17) is 21.1 Å². The average molecular weight is 304 g/mol. The van der Waals surface area contributed by atoms with E-state index in [2.05, 4.69) is 4.98 Å². The van der Waals surface area contributed by atoms with E-state index in [0.29, 0.717) is 25.6 Å². The van der Waals surface area contributed by atoms with Crippen LogP contribution in [0.5, 0.6) is 0 Å². The highest BCUT2D eigenvalue weighted by atomic mass is 35.5. The number of halogens is 1. The second kappa shape index (κ2) is 7.98. The molecule has 1 unspecified atom stereocenters. The van der Waals surface area contributed by atoms with Gasteiger partial charge in [-0.2, -0.15) is 0 Å². The number of rotatable bonds is 8. The molecule has 112 valence electrons. The molecule has 7 nitrogen and oxygen atoms in total. The van der Waals surface area contributed by atoms with Crippen LogP contribution in [0.1, 0.15) is 6.92 Å². The number of ether oxygens (including phenoxy) is 2. The maximum Gasteiger partial charge on any atom is 0.276 e. The number of hydrogen-bond donors (Lipinski definition) is 0. The van der Waals surface area contributed by atoms with Gasteiger partial charge in [0.1, 0.15) is 11.0 Å². The lowest BCUT2D eigenvalue weighted by Crippen LogP contribution is -2.39. The highest BCUT2D eigenvalue weighted by Gasteiger charge is 2.19.